The van der Waals surface area contributed by atoms with Gasteiger partial charge in [0.1, 0.15) is 11.6 Å². The third kappa shape index (κ3) is 3.16. The second-order valence-corrected chi connectivity index (χ2v) is 4.65. The van der Waals surface area contributed by atoms with Gasteiger partial charge in [0, 0.05) is 12.8 Å². The molecular weight excluding hydrogens is 203 g/mol. The fraction of sp³-hybridized carbons (Fsp3) is 0.500. The molecule has 0 heterocycles. The van der Waals surface area contributed by atoms with Gasteiger partial charge in [-0.25, -0.2) is 4.39 Å². The number of benzene rings is 1. The van der Waals surface area contributed by atoms with Gasteiger partial charge in [0.2, 0.25) is 0 Å². The Morgan fingerprint density at radius 2 is 2.00 bits per heavy atom. The highest BCUT2D eigenvalue weighted by Gasteiger charge is 2.18. The van der Waals surface area contributed by atoms with Gasteiger partial charge in [-0.3, -0.25) is 4.79 Å². The average Bonchev–Trinajstić information content (AvgIpc) is 2.28. The maximum Gasteiger partial charge on any atom is 0.132 e. The highest BCUT2D eigenvalue weighted by Crippen LogP contribution is 2.25. The zero-order chi connectivity index (χ0) is 11.4. The van der Waals surface area contributed by atoms with Crippen molar-refractivity contribution < 1.29 is 9.18 Å². The van der Waals surface area contributed by atoms with Gasteiger partial charge in [-0.1, -0.05) is 12.1 Å². The molecule has 1 aromatic rings. The van der Waals surface area contributed by atoms with Gasteiger partial charge < -0.3 is 0 Å². The molecule has 1 aliphatic rings. The number of halogens is 1. The third-order valence-corrected chi connectivity index (χ3v) is 3.39. The lowest BCUT2D eigenvalue weighted by atomic mass is 9.84. The maximum atomic E-state index is 12.9. The SMILES string of the molecule is O=C1CCC(CCc2cccc(F)c2)CC1. The first kappa shape index (κ1) is 11.3. The molecule has 2 heteroatoms. The van der Waals surface area contributed by atoms with E-state index in [0.717, 1.165) is 44.1 Å². The van der Waals surface area contributed by atoms with Crippen LogP contribution in [-0.2, 0) is 11.2 Å². The van der Waals surface area contributed by atoms with Gasteiger partial charge in [-0.15, -0.1) is 0 Å². The number of hydrogen-bond donors (Lipinski definition) is 0. The fourth-order valence-electron chi connectivity index (χ4n) is 2.35. The van der Waals surface area contributed by atoms with Crippen LogP contribution in [0.2, 0.25) is 0 Å². The molecule has 2 rings (SSSR count). The summed E-state index contributed by atoms with van der Waals surface area (Å²) in [5.74, 6) is 0.902. The molecule has 0 spiro atoms. The Labute approximate surface area is 95.7 Å². The van der Waals surface area contributed by atoms with Crippen LogP contribution in [0.15, 0.2) is 24.3 Å². The first-order valence-corrected chi connectivity index (χ1v) is 6.00. The molecule has 16 heavy (non-hydrogen) atoms. The van der Waals surface area contributed by atoms with Crippen LogP contribution in [0.25, 0.3) is 0 Å². The van der Waals surface area contributed by atoms with Gasteiger partial charge in [0.15, 0.2) is 0 Å². The lowest BCUT2D eigenvalue weighted by Gasteiger charge is -2.20. The number of Topliss-reactive ketones (excluding diaryl/α,β-unsaturated/α-hetero) is 1. The van der Waals surface area contributed by atoms with E-state index in [-0.39, 0.29) is 5.82 Å². The average molecular weight is 220 g/mol. The lowest BCUT2D eigenvalue weighted by Crippen LogP contribution is -2.14. The van der Waals surface area contributed by atoms with Crippen molar-refractivity contribution in [2.45, 2.75) is 38.5 Å². The molecule has 0 radical (unpaired) electrons. The van der Waals surface area contributed by atoms with E-state index in [4.69, 9.17) is 0 Å². The highest BCUT2D eigenvalue weighted by atomic mass is 19.1. The van der Waals surface area contributed by atoms with E-state index >= 15 is 0 Å². The Morgan fingerprint density at radius 1 is 1.25 bits per heavy atom. The van der Waals surface area contributed by atoms with Crippen molar-refractivity contribution in [3.63, 3.8) is 0 Å². The van der Waals surface area contributed by atoms with Crippen LogP contribution in [0.4, 0.5) is 4.39 Å². The van der Waals surface area contributed by atoms with E-state index in [9.17, 15) is 9.18 Å². The summed E-state index contributed by atoms with van der Waals surface area (Å²) >= 11 is 0. The Bertz CT molecular complexity index is 363. The molecule has 1 aliphatic carbocycles. The quantitative estimate of drug-likeness (QED) is 0.761. The summed E-state index contributed by atoms with van der Waals surface area (Å²) in [7, 11) is 0. The van der Waals surface area contributed by atoms with Crippen LogP contribution < -0.4 is 0 Å². The number of carbonyl (C=O) groups excluding carboxylic acids is 1. The predicted molar refractivity (Wildman–Crippen MR) is 61.7 cm³/mol. The van der Waals surface area contributed by atoms with Crippen molar-refractivity contribution in [3.8, 4) is 0 Å². The van der Waals surface area contributed by atoms with Crippen molar-refractivity contribution in [1.29, 1.82) is 0 Å². The smallest absolute Gasteiger partial charge is 0.132 e. The van der Waals surface area contributed by atoms with Crippen molar-refractivity contribution in [1.82, 2.24) is 0 Å². The summed E-state index contributed by atoms with van der Waals surface area (Å²) in [5, 5.41) is 0. The Balaban J connectivity index is 1.81. The monoisotopic (exact) mass is 220 g/mol. The molecule has 1 nitrogen and oxygen atoms in total. The Kier molecular flexibility index (Phi) is 3.70. The molecule has 1 aromatic carbocycles. The number of rotatable bonds is 3. The highest BCUT2D eigenvalue weighted by molar-refractivity contribution is 5.78. The van der Waals surface area contributed by atoms with Crippen LogP contribution in [0, 0.1) is 11.7 Å². The standard InChI is InChI=1S/C14H17FO/c15-13-3-1-2-12(10-13)5-4-11-6-8-14(16)9-7-11/h1-3,10-11H,4-9H2. The third-order valence-electron chi connectivity index (χ3n) is 3.39. The summed E-state index contributed by atoms with van der Waals surface area (Å²) in [5.41, 5.74) is 1.07. The summed E-state index contributed by atoms with van der Waals surface area (Å²) in [6.07, 6.45) is 5.54. The minimum Gasteiger partial charge on any atom is -0.300 e. The molecule has 0 aliphatic heterocycles. The van der Waals surface area contributed by atoms with Gasteiger partial charge in [-0.2, -0.15) is 0 Å². The molecule has 0 aromatic heterocycles. The van der Waals surface area contributed by atoms with E-state index in [2.05, 4.69) is 0 Å². The minimum atomic E-state index is -0.156. The van der Waals surface area contributed by atoms with Crippen LogP contribution in [0.5, 0.6) is 0 Å². The molecule has 0 saturated heterocycles. The van der Waals surface area contributed by atoms with Gasteiger partial charge >= 0.3 is 0 Å². The summed E-state index contributed by atoms with van der Waals surface area (Å²) in [6.45, 7) is 0. The minimum absolute atomic E-state index is 0.156. The normalized spacial score (nSPS) is 17.7. The second-order valence-electron chi connectivity index (χ2n) is 4.65. The number of ketones is 1. The van der Waals surface area contributed by atoms with E-state index in [1.807, 2.05) is 6.07 Å². The molecule has 0 bridgehead atoms. The zero-order valence-electron chi connectivity index (χ0n) is 9.42. The summed E-state index contributed by atoms with van der Waals surface area (Å²) in [6, 6.07) is 6.81. The molecule has 1 saturated carbocycles. The first-order valence-electron chi connectivity index (χ1n) is 6.00. The first-order chi connectivity index (χ1) is 7.74. The summed E-state index contributed by atoms with van der Waals surface area (Å²) in [4.78, 5) is 11.1. The van der Waals surface area contributed by atoms with Crippen LogP contribution >= 0.6 is 0 Å². The van der Waals surface area contributed by atoms with Crippen molar-refractivity contribution >= 4 is 5.78 Å². The number of aryl methyl sites for hydroxylation is 1. The Hall–Kier alpha value is -1.18. The summed E-state index contributed by atoms with van der Waals surface area (Å²) < 4.78 is 12.9. The molecule has 0 amide bonds. The van der Waals surface area contributed by atoms with Crippen LogP contribution in [0.1, 0.15) is 37.7 Å². The van der Waals surface area contributed by atoms with Crippen molar-refractivity contribution in [2.24, 2.45) is 5.92 Å². The lowest BCUT2D eigenvalue weighted by molar-refractivity contribution is -0.121. The fourth-order valence-corrected chi connectivity index (χ4v) is 2.35. The van der Waals surface area contributed by atoms with E-state index in [1.165, 1.54) is 6.07 Å². The maximum absolute atomic E-state index is 12.9. The topological polar surface area (TPSA) is 17.1 Å². The van der Waals surface area contributed by atoms with Gasteiger partial charge in [0.25, 0.3) is 0 Å². The molecule has 1 fully saturated rings. The predicted octanol–water partition coefficient (Wildman–Crippen LogP) is 3.52. The number of carbonyl (C=O) groups is 1. The van der Waals surface area contributed by atoms with E-state index < -0.39 is 0 Å². The zero-order valence-corrected chi connectivity index (χ0v) is 9.42. The van der Waals surface area contributed by atoms with E-state index in [0.29, 0.717) is 11.7 Å². The van der Waals surface area contributed by atoms with Gasteiger partial charge in [0.05, 0.1) is 0 Å². The molecule has 0 N–H and O–H groups in total. The van der Waals surface area contributed by atoms with Gasteiger partial charge in [-0.05, 0) is 49.3 Å². The van der Waals surface area contributed by atoms with Crippen molar-refractivity contribution in [3.05, 3.63) is 35.6 Å². The Morgan fingerprint density at radius 3 is 2.69 bits per heavy atom. The van der Waals surface area contributed by atoms with Crippen molar-refractivity contribution in [2.75, 3.05) is 0 Å². The largest absolute Gasteiger partial charge is 0.300 e. The molecule has 0 unspecified atom stereocenters. The second kappa shape index (κ2) is 5.24. The molecular formula is C14H17FO. The molecule has 86 valence electrons. The van der Waals surface area contributed by atoms with Crippen LogP contribution in [0.3, 0.4) is 0 Å². The van der Waals surface area contributed by atoms with E-state index in [1.54, 1.807) is 12.1 Å². The molecule has 0 atom stereocenters. The number of hydrogen-bond acceptors (Lipinski definition) is 1. The van der Waals surface area contributed by atoms with Crippen LogP contribution in [-0.4, -0.2) is 5.78 Å².